The summed E-state index contributed by atoms with van der Waals surface area (Å²) in [6, 6.07) is 0. The molecule has 0 aromatic carbocycles. The Labute approximate surface area is 61.3 Å². The number of nitrogens with one attached hydrogen (secondary N) is 1. The van der Waals surface area contributed by atoms with E-state index in [9.17, 15) is 4.79 Å². The van der Waals surface area contributed by atoms with E-state index in [1.807, 2.05) is 6.08 Å². The zero-order valence-electron chi connectivity index (χ0n) is 6.10. The van der Waals surface area contributed by atoms with Gasteiger partial charge in [-0.15, -0.1) is 6.58 Å². The molecule has 0 aliphatic heterocycles. The molecule has 0 fully saturated rings. The second-order valence-electron chi connectivity index (χ2n) is 2.04. The summed E-state index contributed by atoms with van der Waals surface area (Å²) in [5.74, 6) is -0.258. The van der Waals surface area contributed by atoms with Crippen LogP contribution in [0.3, 0.4) is 0 Å². The summed E-state index contributed by atoms with van der Waals surface area (Å²) in [5, 5.41) is 3.05. The summed E-state index contributed by atoms with van der Waals surface area (Å²) < 4.78 is 0. The molecule has 0 radical (unpaired) electrons. The Bertz CT molecular complexity index is 112. The quantitative estimate of drug-likeness (QED) is 0.406. The van der Waals surface area contributed by atoms with E-state index in [0.717, 1.165) is 13.0 Å². The lowest BCUT2D eigenvalue weighted by molar-refractivity contribution is -0.117. The van der Waals surface area contributed by atoms with Crippen LogP contribution in [0.2, 0.25) is 0 Å². The highest BCUT2D eigenvalue weighted by Gasteiger charge is 1.90. The van der Waals surface area contributed by atoms with Gasteiger partial charge in [0.1, 0.15) is 0 Å². The van der Waals surface area contributed by atoms with Gasteiger partial charge in [-0.2, -0.15) is 0 Å². The molecule has 0 spiro atoms. The Morgan fingerprint density at radius 3 is 2.80 bits per heavy atom. The lowest BCUT2D eigenvalue weighted by atomic mass is 10.4. The van der Waals surface area contributed by atoms with Gasteiger partial charge in [0.15, 0.2) is 0 Å². The molecule has 3 N–H and O–H groups in total. The predicted octanol–water partition coefficient (Wildman–Crippen LogP) is 0.0275. The Morgan fingerprint density at radius 1 is 1.60 bits per heavy atom. The van der Waals surface area contributed by atoms with Crippen molar-refractivity contribution < 1.29 is 4.79 Å². The van der Waals surface area contributed by atoms with Crippen molar-refractivity contribution in [3.8, 4) is 0 Å². The normalized spacial score (nSPS) is 9.20. The summed E-state index contributed by atoms with van der Waals surface area (Å²) in [4.78, 5) is 10.2. The van der Waals surface area contributed by atoms with Gasteiger partial charge in [-0.1, -0.05) is 6.08 Å². The standard InChI is InChI=1S/C7H14N2O/c1-2-3-5-9-6-4-7(8)10/h2,9H,1,3-6H2,(H2,8,10). The fraction of sp³-hybridized carbons (Fsp3) is 0.571. The highest BCUT2D eigenvalue weighted by molar-refractivity contribution is 5.73. The maximum absolute atomic E-state index is 10.2. The summed E-state index contributed by atoms with van der Waals surface area (Å²) in [5.41, 5.74) is 4.91. The van der Waals surface area contributed by atoms with E-state index in [1.54, 1.807) is 0 Å². The number of primary amides is 1. The molecule has 0 rings (SSSR count). The number of amides is 1. The van der Waals surface area contributed by atoms with E-state index in [2.05, 4.69) is 11.9 Å². The second-order valence-corrected chi connectivity index (χ2v) is 2.04. The number of carbonyl (C=O) groups excluding carboxylic acids is 1. The Kier molecular flexibility index (Phi) is 5.77. The van der Waals surface area contributed by atoms with E-state index in [1.165, 1.54) is 0 Å². The van der Waals surface area contributed by atoms with Crippen molar-refractivity contribution in [3.63, 3.8) is 0 Å². The van der Waals surface area contributed by atoms with Gasteiger partial charge in [0, 0.05) is 13.0 Å². The third-order valence-electron chi connectivity index (χ3n) is 1.07. The van der Waals surface area contributed by atoms with Gasteiger partial charge in [0.05, 0.1) is 0 Å². The van der Waals surface area contributed by atoms with Crippen molar-refractivity contribution in [2.24, 2.45) is 5.73 Å². The van der Waals surface area contributed by atoms with E-state index in [-0.39, 0.29) is 5.91 Å². The van der Waals surface area contributed by atoms with Crippen molar-refractivity contribution in [2.75, 3.05) is 13.1 Å². The molecular weight excluding hydrogens is 128 g/mol. The summed E-state index contributed by atoms with van der Waals surface area (Å²) in [6.45, 7) is 5.10. The third-order valence-corrected chi connectivity index (χ3v) is 1.07. The van der Waals surface area contributed by atoms with Crippen LogP contribution in [0, 0.1) is 0 Å². The smallest absolute Gasteiger partial charge is 0.218 e. The van der Waals surface area contributed by atoms with Gasteiger partial charge < -0.3 is 11.1 Å². The molecule has 0 atom stereocenters. The van der Waals surface area contributed by atoms with Crippen molar-refractivity contribution >= 4 is 5.91 Å². The van der Waals surface area contributed by atoms with Gasteiger partial charge in [-0.3, -0.25) is 4.79 Å². The zero-order chi connectivity index (χ0) is 7.82. The lowest BCUT2D eigenvalue weighted by Crippen LogP contribution is -2.22. The van der Waals surface area contributed by atoms with Crippen molar-refractivity contribution in [1.29, 1.82) is 0 Å². The number of rotatable bonds is 6. The lowest BCUT2D eigenvalue weighted by Gasteiger charge is -1.98. The van der Waals surface area contributed by atoms with Crippen LogP contribution in [0.1, 0.15) is 12.8 Å². The molecule has 3 heteroatoms. The molecule has 0 aliphatic carbocycles. The van der Waals surface area contributed by atoms with Crippen molar-refractivity contribution in [2.45, 2.75) is 12.8 Å². The molecule has 0 heterocycles. The van der Waals surface area contributed by atoms with Gasteiger partial charge in [-0.25, -0.2) is 0 Å². The van der Waals surface area contributed by atoms with E-state index in [0.29, 0.717) is 13.0 Å². The molecule has 0 unspecified atom stereocenters. The van der Waals surface area contributed by atoms with Gasteiger partial charge in [-0.05, 0) is 13.0 Å². The third kappa shape index (κ3) is 7.17. The van der Waals surface area contributed by atoms with Crippen LogP contribution in [-0.4, -0.2) is 19.0 Å². The van der Waals surface area contributed by atoms with E-state index >= 15 is 0 Å². The fourth-order valence-electron chi connectivity index (χ4n) is 0.541. The first-order valence-corrected chi connectivity index (χ1v) is 3.37. The minimum Gasteiger partial charge on any atom is -0.370 e. The molecule has 0 saturated carbocycles. The monoisotopic (exact) mass is 142 g/mol. The SMILES string of the molecule is C=CCCNCCC(N)=O. The minimum atomic E-state index is -0.258. The Morgan fingerprint density at radius 2 is 2.30 bits per heavy atom. The number of hydrogen-bond donors (Lipinski definition) is 2. The molecule has 1 amide bonds. The first kappa shape index (κ1) is 9.17. The second kappa shape index (κ2) is 6.29. The summed E-state index contributed by atoms with van der Waals surface area (Å²) >= 11 is 0. The number of nitrogens with two attached hydrogens (primary N) is 1. The summed E-state index contributed by atoms with van der Waals surface area (Å²) in [7, 11) is 0. The molecule has 0 aromatic heterocycles. The summed E-state index contributed by atoms with van der Waals surface area (Å²) in [6.07, 6.45) is 3.17. The van der Waals surface area contributed by atoms with Crippen molar-refractivity contribution in [3.05, 3.63) is 12.7 Å². The molecule has 58 valence electrons. The van der Waals surface area contributed by atoms with Crippen LogP contribution in [0.25, 0.3) is 0 Å². The van der Waals surface area contributed by atoms with E-state index in [4.69, 9.17) is 5.73 Å². The molecular formula is C7H14N2O. The minimum absolute atomic E-state index is 0.258. The number of carbonyl (C=O) groups is 1. The van der Waals surface area contributed by atoms with Crippen molar-refractivity contribution in [1.82, 2.24) is 5.32 Å². The topological polar surface area (TPSA) is 55.1 Å². The first-order chi connectivity index (χ1) is 4.77. The largest absolute Gasteiger partial charge is 0.370 e. The Hall–Kier alpha value is -0.830. The maximum atomic E-state index is 10.2. The van der Waals surface area contributed by atoms with Crippen LogP contribution in [0.5, 0.6) is 0 Å². The number of hydrogen-bond acceptors (Lipinski definition) is 2. The van der Waals surface area contributed by atoms with Crippen LogP contribution >= 0.6 is 0 Å². The molecule has 0 saturated heterocycles. The molecule has 10 heavy (non-hydrogen) atoms. The average molecular weight is 142 g/mol. The van der Waals surface area contributed by atoms with E-state index < -0.39 is 0 Å². The van der Waals surface area contributed by atoms with Crippen LogP contribution in [0.4, 0.5) is 0 Å². The van der Waals surface area contributed by atoms with Crippen LogP contribution in [0.15, 0.2) is 12.7 Å². The highest BCUT2D eigenvalue weighted by atomic mass is 16.1. The van der Waals surface area contributed by atoms with Gasteiger partial charge in [0.25, 0.3) is 0 Å². The average Bonchev–Trinajstić information content (AvgIpc) is 1.87. The van der Waals surface area contributed by atoms with Crippen LogP contribution < -0.4 is 11.1 Å². The highest BCUT2D eigenvalue weighted by Crippen LogP contribution is 1.76. The zero-order valence-corrected chi connectivity index (χ0v) is 6.10. The first-order valence-electron chi connectivity index (χ1n) is 3.37. The Balaban J connectivity index is 2.90. The molecule has 3 nitrogen and oxygen atoms in total. The van der Waals surface area contributed by atoms with Crippen LogP contribution in [-0.2, 0) is 4.79 Å². The molecule has 0 aromatic rings. The van der Waals surface area contributed by atoms with Gasteiger partial charge in [0.2, 0.25) is 5.91 Å². The molecule has 0 aliphatic rings. The van der Waals surface area contributed by atoms with Gasteiger partial charge >= 0.3 is 0 Å². The molecule has 0 bridgehead atoms. The fourth-order valence-corrected chi connectivity index (χ4v) is 0.541. The maximum Gasteiger partial charge on any atom is 0.218 e. The predicted molar refractivity (Wildman–Crippen MR) is 41.5 cm³/mol.